The van der Waals surface area contributed by atoms with E-state index < -0.39 is 22.2 Å². The van der Waals surface area contributed by atoms with E-state index >= 15 is 0 Å². The normalized spacial score (nSPS) is 11.5. The van der Waals surface area contributed by atoms with Gasteiger partial charge in [-0.1, -0.05) is 109 Å². The maximum Gasteiger partial charge on any atom is 0.414 e. The van der Waals surface area contributed by atoms with Gasteiger partial charge in [-0.2, -0.15) is 5.10 Å². The van der Waals surface area contributed by atoms with Crippen molar-refractivity contribution in [1.29, 1.82) is 0 Å². The molecule has 9 nitrogen and oxygen atoms in total. The molecule has 0 spiro atoms. The van der Waals surface area contributed by atoms with Crippen LogP contribution in [0.5, 0.6) is 0 Å². The van der Waals surface area contributed by atoms with Crippen molar-refractivity contribution in [3.8, 4) is 0 Å². The van der Waals surface area contributed by atoms with Crippen LogP contribution in [0, 0.1) is 10.1 Å². The lowest BCUT2D eigenvalue weighted by atomic mass is 9.77. The number of para-hydroxylation sites is 1. The molecule has 4 aromatic carbocycles. The number of ether oxygens (including phenoxy) is 1. The van der Waals surface area contributed by atoms with Crippen LogP contribution in [0.1, 0.15) is 37.5 Å². The molecule has 1 aromatic heterocycles. The van der Waals surface area contributed by atoms with E-state index in [2.05, 4.69) is 10.4 Å². The molecule has 1 N–H and O–H groups in total. The number of amides is 1. The zero-order valence-corrected chi connectivity index (χ0v) is 25.0. The number of hydrogen-bond acceptors (Lipinski definition) is 6. The van der Waals surface area contributed by atoms with Gasteiger partial charge in [-0.15, -0.1) is 0 Å². The number of nitrogens with zero attached hydrogens (tertiary/aromatic N) is 4. The number of nitrogens with one attached hydrogen (secondary N) is 1. The molecule has 0 radical (unpaired) electrons. The standard InChI is InChI=1S/C35H35N5O4/c1-34(2,3)44-33(41)38(30-22-14-7-15-23-30)24-25-39-32(31(26-36-39)40(42)43)37-35(27-16-8-4-9-17-27,28-18-10-5-11-19-28)29-20-12-6-13-21-29/h4-23,26,37H,24-25H2,1-3H3. The van der Waals surface area contributed by atoms with Gasteiger partial charge in [0.15, 0.2) is 0 Å². The Morgan fingerprint density at radius 1 is 0.818 bits per heavy atom. The van der Waals surface area contributed by atoms with Crippen molar-refractivity contribution in [3.05, 3.63) is 154 Å². The van der Waals surface area contributed by atoms with Gasteiger partial charge >= 0.3 is 11.8 Å². The van der Waals surface area contributed by atoms with Gasteiger partial charge < -0.3 is 10.1 Å². The zero-order chi connectivity index (χ0) is 31.2. The van der Waals surface area contributed by atoms with E-state index in [1.807, 2.05) is 142 Å². The summed E-state index contributed by atoms with van der Waals surface area (Å²) in [7, 11) is 0. The van der Waals surface area contributed by atoms with Crippen LogP contribution in [0.4, 0.5) is 22.0 Å². The fraction of sp³-hybridized carbons (Fsp3) is 0.200. The summed E-state index contributed by atoms with van der Waals surface area (Å²) < 4.78 is 7.25. The molecule has 0 unspecified atom stereocenters. The van der Waals surface area contributed by atoms with Gasteiger partial charge in [0.2, 0.25) is 5.82 Å². The number of nitro groups is 1. The third kappa shape index (κ3) is 6.47. The molecule has 5 aromatic rings. The van der Waals surface area contributed by atoms with Gasteiger partial charge in [0.1, 0.15) is 17.3 Å². The number of benzene rings is 4. The second-order valence-electron chi connectivity index (χ2n) is 11.3. The third-order valence-corrected chi connectivity index (χ3v) is 7.16. The Morgan fingerprint density at radius 3 is 1.70 bits per heavy atom. The molecule has 1 amide bonds. The third-order valence-electron chi connectivity index (χ3n) is 7.16. The Labute approximate surface area is 256 Å². The van der Waals surface area contributed by atoms with Crippen LogP contribution in [0.25, 0.3) is 0 Å². The molecular formula is C35H35N5O4. The molecule has 0 atom stereocenters. The minimum atomic E-state index is -1.02. The maximum absolute atomic E-state index is 13.3. The van der Waals surface area contributed by atoms with Gasteiger partial charge in [-0.05, 0) is 49.6 Å². The van der Waals surface area contributed by atoms with Crippen molar-refractivity contribution in [3.63, 3.8) is 0 Å². The van der Waals surface area contributed by atoms with E-state index in [4.69, 9.17) is 4.74 Å². The quantitative estimate of drug-likeness (QED) is 0.102. The highest BCUT2D eigenvalue weighted by Gasteiger charge is 2.39. The molecule has 224 valence electrons. The molecule has 0 aliphatic rings. The van der Waals surface area contributed by atoms with Gasteiger partial charge in [-0.25, -0.2) is 9.48 Å². The van der Waals surface area contributed by atoms with E-state index in [-0.39, 0.29) is 24.6 Å². The molecule has 0 saturated heterocycles. The predicted molar refractivity (Wildman–Crippen MR) is 172 cm³/mol. The summed E-state index contributed by atoms with van der Waals surface area (Å²) in [6, 6.07) is 38.7. The summed E-state index contributed by atoms with van der Waals surface area (Å²) in [6.07, 6.45) is 0.723. The Bertz CT molecular complexity index is 1590. The Kier molecular flexibility index (Phi) is 8.76. The number of anilines is 2. The first-order chi connectivity index (χ1) is 21.2. The lowest BCUT2D eigenvalue weighted by Gasteiger charge is -2.37. The molecule has 0 aliphatic heterocycles. The summed E-state index contributed by atoms with van der Waals surface area (Å²) in [6.45, 7) is 5.73. The first-order valence-corrected chi connectivity index (χ1v) is 14.4. The van der Waals surface area contributed by atoms with E-state index in [1.165, 1.54) is 11.1 Å². The maximum atomic E-state index is 13.3. The number of rotatable bonds is 10. The fourth-order valence-electron chi connectivity index (χ4n) is 5.21. The van der Waals surface area contributed by atoms with Crippen molar-refractivity contribution in [2.24, 2.45) is 0 Å². The van der Waals surface area contributed by atoms with Crippen molar-refractivity contribution < 1.29 is 14.5 Å². The summed E-state index contributed by atoms with van der Waals surface area (Å²) in [5.41, 5.74) is 1.40. The lowest BCUT2D eigenvalue weighted by Crippen LogP contribution is -2.40. The summed E-state index contributed by atoms with van der Waals surface area (Å²) in [5.74, 6) is 0.212. The molecule has 0 fully saturated rings. The monoisotopic (exact) mass is 589 g/mol. The average molecular weight is 590 g/mol. The van der Waals surface area contributed by atoms with Crippen molar-refractivity contribution in [1.82, 2.24) is 9.78 Å². The molecule has 1 heterocycles. The minimum absolute atomic E-state index is 0.152. The smallest absolute Gasteiger partial charge is 0.414 e. The summed E-state index contributed by atoms with van der Waals surface area (Å²) in [5, 5.41) is 20.4. The van der Waals surface area contributed by atoms with Crippen molar-refractivity contribution >= 4 is 23.3 Å². The molecule has 0 aliphatic carbocycles. The first kappa shape index (κ1) is 30.0. The highest BCUT2D eigenvalue weighted by atomic mass is 16.6. The van der Waals surface area contributed by atoms with Crippen LogP contribution in [-0.2, 0) is 16.8 Å². The topological polar surface area (TPSA) is 103 Å². The van der Waals surface area contributed by atoms with E-state index in [0.29, 0.717) is 5.69 Å². The number of aromatic nitrogens is 2. The van der Waals surface area contributed by atoms with Crippen LogP contribution in [0.15, 0.2) is 128 Å². The lowest BCUT2D eigenvalue weighted by molar-refractivity contribution is -0.384. The van der Waals surface area contributed by atoms with Crippen LogP contribution < -0.4 is 10.2 Å². The average Bonchev–Trinajstić information content (AvgIpc) is 3.43. The predicted octanol–water partition coefficient (Wildman–Crippen LogP) is 7.64. The van der Waals surface area contributed by atoms with E-state index in [1.54, 1.807) is 4.68 Å². The van der Waals surface area contributed by atoms with Crippen LogP contribution in [0.3, 0.4) is 0 Å². The molecule has 9 heteroatoms. The zero-order valence-electron chi connectivity index (χ0n) is 25.0. The first-order valence-electron chi connectivity index (χ1n) is 14.4. The SMILES string of the molecule is CC(C)(C)OC(=O)N(CCn1ncc([N+](=O)[O-])c1NC(c1ccccc1)(c1ccccc1)c1ccccc1)c1ccccc1. The number of carbonyl (C=O) groups excluding carboxylic acids is 1. The van der Waals surface area contributed by atoms with Crippen molar-refractivity contribution in [2.45, 2.75) is 38.5 Å². The fourth-order valence-corrected chi connectivity index (χ4v) is 5.21. The van der Waals surface area contributed by atoms with Crippen LogP contribution >= 0.6 is 0 Å². The van der Waals surface area contributed by atoms with Crippen molar-refractivity contribution in [2.75, 3.05) is 16.8 Å². The molecular weight excluding hydrogens is 554 g/mol. The summed E-state index contributed by atoms with van der Waals surface area (Å²) >= 11 is 0. The second-order valence-corrected chi connectivity index (χ2v) is 11.3. The van der Waals surface area contributed by atoms with Gasteiger partial charge in [-0.3, -0.25) is 15.0 Å². The molecule has 0 bridgehead atoms. The number of hydrogen-bond donors (Lipinski definition) is 1. The Hall–Kier alpha value is -5.44. The van der Waals surface area contributed by atoms with Gasteiger partial charge in [0.25, 0.3) is 0 Å². The molecule has 5 rings (SSSR count). The Balaban J connectivity index is 1.61. The molecule has 0 saturated carbocycles. The minimum Gasteiger partial charge on any atom is -0.443 e. The molecule has 44 heavy (non-hydrogen) atoms. The largest absolute Gasteiger partial charge is 0.443 e. The van der Waals surface area contributed by atoms with Crippen LogP contribution in [0.2, 0.25) is 0 Å². The van der Waals surface area contributed by atoms with Crippen LogP contribution in [-0.4, -0.2) is 32.9 Å². The van der Waals surface area contributed by atoms with Gasteiger partial charge in [0, 0.05) is 12.2 Å². The highest BCUT2D eigenvalue weighted by Crippen LogP contribution is 2.42. The Morgan fingerprint density at radius 2 is 1.27 bits per heavy atom. The summed E-state index contributed by atoms with van der Waals surface area (Å²) in [4.78, 5) is 26.8. The highest BCUT2D eigenvalue weighted by molar-refractivity contribution is 5.87. The van der Waals surface area contributed by atoms with E-state index in [0.717, 1.165) is 16.7 Å². The second kappa shape index (κ2) is 12.8. The van der Waals surface area contributed by atoms with E-state index in [9.17, 15) is 14.9 Å². The number of carbonyl (C=O) groups is 1. The van der Waals surface area contributed by atoms with Gasteiger partial charge in [0.05, 0.1) is 11.5 Å².